The number of para-hydroxylation sites is 1. The minimum Gasteiger partial charge on any atom is -0.493 e. The lowest BCUT2D eigenvalue weighted by Gasteiger charge is -2.28. The van der Waals surface area contributed by atoms with Crippen LogP contribution in [0.2, 0.25) is 0 Å². The van der Waals surface area contributed by atoms with Crippen molar-refractivity contribution in [1.29, 1.82) is 0 Å². The Balaban J connectivity index is 2.10. The first-order chi connectivity index (χ1) is 9.24. The highest BCUT2D eigenvalue weighted by atomic mass is 16.5. The van der Waals surface area contributed by atoms with Crippen molar-refractivity contribution in [3.05, 3.63) is 23.8 Å². The number of hydrogen-bond donors (Lipinski definition) is 2. The lowest BCUT2D eigenvalue weighted by Crippen LogP contribution is -2.45. The third-order valence-corrected chi connectivity index (χ3v) is 4.00. The van der Waals surface area contributed by atoms with Crippen LogP contribution in [-0.2, 0) is 6.54 Å². The normalized spacial score (nSPS) is 17.4. The molecule has 4 nitrogen and oxygen atoms in total. The first-order valence-corrected chi connectivity index (χ1v) is 6.80. The zero-order chi connectivity index (χ0) is 13.7. The van der Waals surface area contributed by atoms with Gasteiger partial charge in [0.2, 0.25) is 0 Å². The summed E-state index contributed by atoms with van der Waals surface area (Å²) in [5, 5.41) is 13.1. The summed E-state index contributed by atoms with van der Waals surface area (Å²) in [7, 11) is 3.29. The van der Waals surface area contributed by atoms with E-state index in [1.807, 2.05) is 18.2 Å². The highest BCUT2D eigenvalue weighted by molar-refractivity contribution is 5.46. The highest BCUT2D eigenvalue weighted by Gasteiger charge is 2.32. The molecule has 0 saturated heterocycles. The molecule has 0 unspecified atom stereocenters. The Bertz CT molecular complexity index is 414. The van der Waals surface area contributed by atoms with Crippen LogP contribution in [0.4, 0.5) is 0 Å². The molecule has 0 bridgehead atoms. The van der Waals surface area contributed by atoms with Crippen LogP contribution in [0.5, 0.6) is 11.5 Å². The molecule has 0 heterocycles. The molecule has 0 spiro atoms. The van der Waals surface area contributed by atoms with Crippen LogP contribution < -0.4 is 14.8 Å². The number of nitrogens with one attached hydrogen (secondary N) is 1. The molecule has 0 radical (unpaired) electrons. The summed E-state index contributed by atoms with van der Waals surface area (Å²) >= 11 is 0. The van der Waals surface area contributed by atoms with E-state index in [0.717, 1.165) is 29.9 Å². The topological polar surface area (TPSA) is 50.7 Å². The predicted octanol–water partition coefficient (Wildman–Crippen LogP) is 2.10. The summed E-state index contributed by atoms with van der Waals surface area (Å²) in [5.74, 6) is 1.51. The molecule has 1 saturated carbocycles. The van der Waals surface area contributed by atoms with E-state index in [1.54, 1.807) is 14.2 Å². The van der Waals surface area contributed by atoms with Crippen molar-refractivity contribution in [3.8, 4) is 11.5 Å². The van der Waals surface area contributed by atoms with Gasteiger partial charge in [0.05, 0.1) is 20.8 Å². The molecule has 0 amide bonds. The monoisotopic (exact) mass is 265 g/mol. The summed E-state index contributed by atoms with van der Waals surface area (Å²) < 4.78 is 10.7. The zero-order valence-corrected chi connectivity index (χ0v) is 11.7. The van der Waals surface area contributed by atoms with Crippen LogP contribution >= 0.6 is 0 Å². The molecule has 1 aliphatic carbocycles. The van der Waals surface area contributed by atoms with Gasteiger partial charge in [-0.15, -0.1) is 0 Å². The van der Waals surface area contributed by atoms with Gasteiger partial charge in [-0.2, -0.15) is 0 Å². The van der Waals surface area contributed by atoms with Crippen LogP contribution in [0.1, 0.15) is 31.2 Å². The molecular formula is C15H23NO3. The van der Waals surface area contributed by atoms with E-state index in [4.69, 9.17) is 9.47 Å². The van der Waals surface area contributed by atoms with E-state index in [1.165, 1.54) is 12.8 Å². The van der Waals surface area contributed by atoms with Crippen molar-refractivity contribution >= 4 is 0 Å². The fourth-order valence-electron chi connectivity index (χ4n) is 2.82. The quantitative estimate of drug-likeness (QED) is 0.827. The minimum atomic E-state index is -0.117. The van der Waals surface area contributed by atoms with Crippen molar-refractivity contribution in [1.82, 2.24) is 5.32 Å². The second-order valence-corrected chi connectivity index (χ2v) is 5.15. The predicted molar refractivity (Wildman–Crippen MR) is 74.7 cm³/mol. The Hall–Kier alpha value is -1.26. The Labute approximate surface area is 114 Å². The Morgan fingerprint density at radius 1 is 1.21 bits per heavy atom. The van der Waals surface area contributed by atoms with Gasteiger partial charge in [0.1, 0.15) is 0 Å². The zero-order valence-electron chi connectivity index (χ0n) is 11.7. The van der Waals surface area contributed by atoms with Gasteiger partial charge in [-0.05, 0) is 18.9 Å². The van der Waals surface area contributed by atoms with Crippen LogP contribution in [0.3, 0.4) is 0 Å². The first kappa shape index (κ1) is 14.2. The molecule has 1 aromatic carbocycles. The summed E-state index contributed by atoms with van der Waals surface area (Å²) in [6, 6.07) is 5.87. The maximum absolute atomic E-state index is 9.60. The fraction of sp³-hybridized carbons (Fsp3) is 0.600. The summed E-state index contributed by atoms with van der Waals surface area (Å²) in [6.07, 6.45) is 4.44. The van der Waals surface area contributed by atoms with Gasteiger partial charge >= 0.3 is 0 Å². The Morgan fingerprint density at radius 2 is 1.95 bits per heavy atom. The van der Waals surface area contributed by atoms with E-state index in [0.29, 0.717) is 6.54 Å². The van der Waals surface area contributed by atoms with Gasteiger partial charge < -0.3 is 19.9 Å². The summed E-state index contributed by atoms with van der Waals surface area (Å²) in [6.45, 7) is 0.875. The van der Waals surface area contributed by atoms with Crippen molar-refractivity contribution in [2.24, 2.45) is 0 Å². The number of benzene rings is 1. The second kappa shape index (κ2) is 6.26. The number of hydrogen-bond acceptors (Lipinski definition) is 4. The molecule has 0 aliphatic heterocycles. The van der Waals surface area contributed by atoms with Gasteiger partial charge in [0.15, 0.2) is 11.5 Å². The van der Waals surface area contributed by atoms with Crippen molar-refractivity contribution < 1.29 is 14.6 Å². The molecule has 1 aliphatic rings. The number of rotatable bonds is 6. The van der Waals surface area contributed by atoms with Crippen LogP contribution in [-0.4, -0.2) is 31.5 Å². The Morgan fingerprint density at radius 3 is 2.53 bits per heavy atom. The fourth-order valence-corrected chi connectivity index (χ4v) is 2.82. The van der Waals surface area contributed by atoms with E-state index in [9.17, 15) is 5.11 Å². The van der Waals surface area contributed by atoms with E-state index < -0.39 is 0 Å². The Kier molecular flexibility index (Phi) is 4.66. The van der Waals surface area contributed by atoms with Gasteiger partial charge in [-0.1, -0.05) is 25.0 Å². The van der Waals surface area contributed by atoms with Crippen LogP contribution in [0.15, 0.2) is 18.2 Å². The number of methoxy groups -OCH3 is 2. The van der Waals surface area contributed by atoms with E-state index in [-0.39, 0.29) is 12.1 Å². The molecule has 4 heteroatoms. The molecule has 106 valence electrons. The number of aliphatic hydroxyl groups is 1. The van der Waals surface area contributed by atoms with Crippen molar-refractivity contribution in [2.45, 2.75) is 37.8 Å². The van der Waals surface area contributed by atoms with Gasteiger partial charge in [-0.25, -0.2) is 0 Å². The maximum Gasteiger partial charge on any atom is 0.165 e. The van der Waals surface area contributed by atoms with E-state index >= 15 is 0 Å². The number of aliphatic hydroxyl groups excluding tert-OH is 1. The first-order valence-electron chi connectivity index (χ1n) is 6.80. The average Bonchev–Trinajstić information content (AvgIpc) is 2.94. The molecule has 0 atom stereocenters. The lowest BCUT2D eigenvalue weighted by atomic mass is 9.98. The maximum atomic E-state index is 9.60. The van der Waals surface area contributed by atoms with Crippen LogP contribution in [0, 0.1) is 0 Å². The lowest BCUT2D eigenvalue weighted by molar-refractivity contribution is 0.162. The van der Waals surface area contributed by atoms with Gasteiger partial charge in [0.25, 0.3) is 0 Å². The minimum absolute atomic E-state index is 0.117. The van der Waals surface area contributed by atoms with Crippen molar-refractivity contribution in [3.63, 3.8) is 0 Å². The molecule has 0 aromatic heterocycles. The second-order valence-electron chi connectivity index (χ2n) is 5.15. The average molecular weight is 265 g/mol. The third-order valence-electron chi connectivity index (χ3n) is 4.00. The van der Waals surface area contributed by atoms with E-state index in [2.05, 4.69) is 5.32 Å². The standard InChI is InChI=1S/C15H23NO3/c1-18-13-7-5-6-12(14(13)19-2)10-16-15(11-17)8-3-4-9-15/h5-7,16-17H,3-4,8-11H2,1-2H3. The molecule has 19 heavy (non-hydrogen) atoms. The largest absolute Gasteiger partial charge is 0.493 e. The molecule has 1 fully saturated rings. The summed E-state index contributed by atoms with van der Waals surface area (Å²) in [4.78, 5) is 0. The molecule has 1 aromatic rings. The third kappa shape index (κ3) is 3.01. The SMILES string of the molecule is COc1cccc(CNC2(CO)CCCC2)c1OC. The van der Waals surface area contributed by atoms with Gasteiger partial charge in [0, 0.05) is 17.6 Å². The smallest absolute Gasteiger partial charge is 0.165 e. The van der Waals surface area contributed by atoms with Crippen LogP contribution in [0.25, 0.3) is 0 Å². The highest BCUT2D eigenvalue weighted by Crippen LogP contribution is 2.33. The molecule has 2 rings (SSSR count). The van der Waals surface area contributed by atoms with Gasteiger partial charge in [-0.3, -0.25) is 0 Å². The molecular weight excluding hydrogens is 242 g/mol. The summed E-state index contributed by atoms with van der Waals surface area (Å²) in [5.41, 5.74) is 0.940. The molecule has 2 N–H and O–H groups in total. The number of ether oxygens (including phenoxy) is 2. The van der Waals surface area contributed by atoms with Crippen molar-refractivity contribution in [2.75, 3.05) is 20.8 Å².